The number of carbonyl (C=O) groups excluding carboxylic acids is 1. The molecule has 0 bridgehead atoms. The van der Waals surface area contributed by atoms with E-state index in [9.17, 15) is 9.90 Å². The number of carbonyl (C=O) groups is 1. The molecule has 0 radical (unpaired) electrons. The lowest BCUT2D eigenvalue weighted by Gasteiger charge is -2.38. The second-order valence-corrected chi connectivity index (χ2v) is 4.60. The van der Waals surface area contributed by atoms with Gasteiger partial charge in [-0.2, -0.15) is 0 Å². The number of amides is 1. The molecule has 92 valence electrons. The van der Waals surface area contributed by atoms with Gasteiger partial charge in [0.25, 0.3) is 0 Å². The van der Waals surface area contributed by atoms with Gasteiger partial charge in [-0.1, -0.05) is 0 Å². The van der Waals surface area contributed by atoms with Crippen LogP contribution in [0.2, 0.25) is 0 Å². The Hall–Kier alpha value is -0.650. The maximum Gasteiger partial charge on any atom is 0.242 e. The number of hydrogen-bond acceptors (Lipinski definition) is 4. The molecule has 0 aromatic rings. The van der Waals surface area contributed by atoms with Crippen LogP contribution >= 0.6 is 0 Å². The first-order valence-electron chi connectivity index (χ1n) is 5.94. The molecule has 2 fully saturated rings. The van der Waals surface area contributed by atoms with Crippen molar-refractivity contribution < 1.29 is 14.6 Å². The summed E-state index contributed by atoms with van der Waals surface area (Å²) in [4.78, 5) is 15.8. The molecule has 0 aromatic carbocycles. The van der Waals surface area contributed by atoms with Gasteiger partial charge in [-0.3, -0.25) is 9.69 Å². The van der Waals surface area contributed by atoms with Crippen LogP contribution in [0.5, 0.6) is 0 Å². The van der Waals surface area contributed by atoms with Crippen LogP contribution in [0.25, 0.3) is 0 Å². The van der Waals surface area contributed by atoms with Crippen molar-refractivity contribution in [3.8, 4) is 0 Å². The van der Waals surface area contributed by atoms with Gasteiger partial charge < -0.3 is 14.7 Å². The van der Waals surface area contributed by atoms with Crippen LogP contribution in [0, 0.1) is 0 Å². The molecule has 2 unspecified atom stereocenters. The molecular formula is C11H20N2O3. The fraction of sp³-hybridized carbons (Fsp3) is 0.909. The van der Waals surface area contributed by atoms with Crippen molar-refractivity contribution in [1.82, 2.24) is 9.80 Å². The zero-order chi connectivity index (χ0) is 11.5. The van der Waals surface area contributed by atoms with E-state index in [1.807, 2.05) is 16.8 Å². The highest BCUT2D eigenvalue weighted by molar-refractivity contribution is 5.82. The van der Waals surface area contributed by atoms with Gasteiger partial charge in [0.2, 0.25) is 5.91 Å². The van der Waals surface area contributed by atoms with Crippen molar-refractivity contribution in [2.24, 2.45) is 0 Å². The first-order valence-corrected chi connectivity index (χ1v) is 5.94. The summed E-state index contributed by atoms with van der Waals surface area (Å²) in [5, 5.41) is 9.19. The van der Waals surface area contributed by atoms with Gasteiger partial charge >= 0.3 is 0 Å². The van der Waals surface area contributed by atoms with Gasteiger partial charge in [0.05, 0.1) is 12.7 Å². The minimum absolute atomic E-state index is 0.0340. The highest BCUT2D eigenvalue weighted by Gasteiger charge is 2.33. The van der Waals surface area contributed by atoms with Crippen molar-refractivity contribution in [1.29, 1.82) is 0 Å². The summed E-state index contributed by atoms with van der Waals surface area (Å²) in [6.45, 7) is 2.96. The Kier molecular flexibility index (Phi) is 3.78. The Morgan fingerprint density at radius 2 is 2.31 bits per heavy atom. The van der Waals surface area contributed by atoms with Gasteiger partial charge in [0.1, 0.15) is 6.04 Å². The van der Waals surface area contributed by atoms with E-state index in [-0.39, 0.29) is 24.7 Å². The first-order chi connectivity index (χ1) is 7.72. The average molecular weight is 228 g/mol. The lowest BCUT2D eigenvalue weighted by molar-refractivity contribution is -0.144. The van der Waals surface area contributed by atoms with Gasteiger partial charge in [-0.05, 0) is 19.9 Å². The minimum Gasteiger partial charge on any atom is -0.394 e. The minimum atomic E-state index is -0.366. The van der Waals surface area contributed by atoms with Gasteiger partial charge in [0.15, 0.2) is 0 Å². The molecule has 2 saturated heterocycles. The number of aliphatic hydroxyl groups is 1. The molecular weight excluding hydrogens is 208 g/mol. The van der Waals surface area contributed by atoms with Crippen LogP contribution in [0.1, 0.15) is 12.8 Å². The topological polar surface area (TPSA) is 53.0 Å². The third-order valence-corrected chi connectivity index (χ3v) is 3.47. The molecule has 2 aliphatic rings. The first kappa shape index (κ1) is 11.8. The second kappa shape index (κ2) is 5.12. The van der Waals surface area contributed by atoms with Crippen LogP contribution in [0.3, 0.4) is 0 Å². The Morgan fingerprint density at radius 3 is 2.94 bits per heavy atom. The van der Waals surface area contributed by atoms with Crippen molar-refractivity contribution in [3.63, 3.8) is 0 Å². The Bertz CT molecular complexity index is 254. The molecule has 2 heterocycles. The molecule has 0 aliphatic carbocycles. The third-order valence-electron chi connectivity index (χ3n) is 3.47. The van der Waals surface area contributed by atoms with Gasteiger partial charge in [-0.15, -0.1) is 0 Å². The van der Waals surface area contributed by atoms with Crippen molar-refractivity contribution in [2.75, 3.05) is 39.9 Å². The summed E-state index contributed by atoms with van der Waals surface area (Å²) in [6.07, 6.45) is 2.34. The fourth-order valence-corrected chi connectivity index (χ4v) is 2.38. The summed E-state index contributed by atoms with van der Waals surface area (Å²) in [6, 6.07) is -0.366. The number of likely N-dealkylation sites (N-methyl/N-ethyl adjacent to an activating group) is 1. The number of piperazine rings is 1. The molecule has 0 saturated carbocycles. The summed E-state index contributed by atoms with van der Waals surface area (Å²) in [7, 11) is 1.88. The van der Waals surface area contributed by atoms with E-state index >= 15 is 0 Å². The van der Waals surface area contributed by atoms with E-state index in [0.717, 1.165) is 32.5 Å². The normalized spacial score (nSPS) is 32.4. The summed E-state index contributed by atoms with van der Waals surface area (Å²) in [5.74, 6) is 0.0340. The number of aliphatic hydroxyl groups excluding tert-OH is 1. The molecule has 1 amide bonds. The predicted octanol–water partition coefficient (Wildman–Crippen LogP) is -0.700. The van der Waals surface area contributed by atoms with E-state index in [0.29, 0.717) is 6.54 Å². The quantitative estimate of drug-likeness (QED) is 0.694. The zero-order valence-electron chi connectivity index (χ0n) is 9.76. The molecule has 5 nitrogen and oxygen atoms in total. The summed E-state index contributed by atoms with van der Waals surface area (Å²) < 4.78 is 5.53. The SMILES string of the molecule is CN1CCN(CC2CCCO2)C(=O)C1CO. The van der Waals surface area contributed by atoms with Crippen LogP contribution in [0.4, 0.5) is 0 Å². The van der Waals surface area contributed by atoms with Gasteiger partial charge in [-0.25, -0.2) is 0 Å². The number of nitrogens with zero attached hydrogens (tertiary/aromatic N) is 2. The molecule has 0 spiro atoms. The molecule has 2 atom stereocenters. The smallest absolute Gasteiger partial charge is 0.242 e. The van der Waals surface area contributed by atoms with Crippen molar-refractivity contribution in [2.45, 2.75) is 25.0 Å². The molecule has 2 aliphatic heterocycles. The highest BCUT2D eigenvalue weighted by Crippen LogP contribution is 2.16. The Balaban J connectivity index is 1.91. The lowest BCUT2D eigenvalue weighted by Crippen LogP contribution is -2.58. The van der Waals surface area contributed by atoms with E-state index in [1.54, 1.807) is 0 Å². The van der Waals surface area contributed by atoms with Gasteiger partial charge in [0, 0.05) is 26.2 Å². The van der Waals surface area contributed by atoms with Crippen LogP contribution in [-0.2, 0) is 9.53 Å². The van der Waals surface area contributed by atoms with E-state index in [4.69, 9.17) is 4.74 Å². The maximum absolute atomic E-state index is 12.0. The largest absolute Gasteiger partial charge is 0.394 e. The Morgan fingerprint density at radius 1 is 1.50 bits per heavy atom. The second-order valence-electron chi connectivity index (χ2n) is 4.60. The van der Waals surface area contributed by atoms with Crippen LogP contribution in [-0.4, -0.2) is 72.9 Å². The fourth-order valence-electron chi connectivity index (χ4n) is 2.38. The van der Waals surface area contributed by atoms with Crippen LogP contribution < -0.4 is 0 Å². The number of rotatable bonds is 3. The molecule has 5 heteroatoms. The van der Waals surface area contributed by atoms with Crippen molar-refractivity contribution in [3.05, 3.63) is 0 Å². The lowest BCUT2D eigenvalue weighted by atomic mass is 10.1. The third kappa shape index (κ3) is 2.36. The standard InChI is InChI=1S/C11H20N2O3/c1-12-4-5-13(11(15)10(12)8-14)7-9-3-2-6-16-9/h9-10,14H,2-8H2,1H3. The zero-order valence-corrected chi connectivity index (χ0v) is 9.76. The summed E-state index contributed by atoms with van der Waals surface area (Å²) in [5.41, 5.74) is 0. The number of hydrogen-bond donors (Lipinski definition) is 1. The van der Waals surface area contributed by atoms with E-state index in [1.165, 1.54) is 0 Å². The van der Waals surface area contributed by atoms with Crippen LogP contribution in [0.15, 0.2) is 0 Å². The Labute approximate surface area is 96.0 Å². The molecule has 2 rings (SSSR count). The summed E-state index contributed by atoms with van der Waals surface area (Å²) >= 11 is 0. The maximum atomic E-state index is 12.0. The van der Waals surface area contributed by atoms with E-state index in [2.05, 4.69) is 0 Å². The number of ether oxygens (including phenoxy) is 1. The molecule has 1 N–H and O–H groups in total. The molecule has 0 aromatic heterocycles. The average Bonchev–Trinajstić information content (AvgIpc) is 2.76. The highest BCUT2D eigenvalue weighted by atomic mass is 16.5. The monoisotopic (exact) mass is 228 g/mol. The predicted molar refractivity (Wildman–Crippen MR) is 59.1 cm³/mol. The van der Waals surface area contributed by atoms with Crippen molar-refractivity contribution >= 4 is 5.91 Å². The molecule has 16 heavy (non-hydrogen) atoms. The van der Waals surface area contributed by atoms with E-state index < -0.39 is 0 Å².